The van der Waals surface area contributed by atoms with Crippen molar-refractivity contribution < 1.29 is 4.79 Å². The van der Waals surface area contributed by atoms with Crippen LogP contribution in [0.1, 0.15) is 36.8 Å². The fourth-order valence-corrected chi connectivity index (χ4v) is 1.20. The van der Waals surface area contributed by atoms with Crippen LogP contribution in [0.4, 0.5) is 0 Å². The summed E-state index contributed by atoms with van der Waals surface area (Å²) < 4.78 is 0. The first-order valence-corrected chi connectivity index (χ1v) is 5.46. The van der Waals surface area contributed by atoms with Gasteiger partial charge in [0.25, 0.3) is 5.56 Å². The zero-order chi connectivity index (χ0) is 13.3. The summed E-state index contributed by atoms with van der Waals surface area (Å²) in [6.45, 7) is 9.37. The molecule has 1 rings (SSSR count). The molecule has 0 amide bonds. The summed E-state index contributed by atoms with van der Waals surface area (Å²) in [7, 11) is 0. The number of carbonyl (C=O) groups excluding carboxylic acids is 1. The summed E-state index contributed by atoms with van der Waals surface area (Å²) in [5.74, 6) is 0. The predicted molar refractivity (Wildman–Crippen MR) is 71.1 cm³/mol. The van der Waals surface area contributed by atoms with E-state index in [0.717, 1.165) is 5.57 Å². The number of allylic oxidation sites excluding steroid dienone is 5. The van der Waals surface area contributed by atoms with Gasteiger partial charge in [-0.05, 0) is 12.5 Å². The number of carbonyl (C=O) groups is 1. The van der Waals surface area contributed by atoms with E-state index in [1.807, 2.05) is 20.8 Å². The van der Waals surface area contributed by atoms with Gasteiger partial charge in [0.05, 0.1) is 5.69 Å². The van der Waals surface area contributed by atoms with Gasteiger partial charge in [0, 0.05) is 0 Å². The molecule has 0 saturated carbocycles. The first-order chi connectivity index (χ1) is 8.24. The van der Waals surface area contributed by atoms with Crippen molar-refractivity contribution >= 4 is 11.9 Å². The second-order valence-corrected chi connectivity index (χ2v) is 2.82. The topological polar surface area (TPSA) is 65.7 Å². The summed E-state index contributed by atoms with van der Waals surface area (Å²) in [5.41, 5.74) is 0.953. The summed E-state index contributed by atoms with van der Waals surface area (Å²) >= 11 is 0. The zero-order valence-electron chi connectivity index (χ0n) is 10.4. The molecule has 0 bridgehead atoms. The maximum Gasteiger partial charge on any atom is 0.275 e. The molecule has 0 atom stereocenters. The number of aromatic amines is 2. The van der Waals surface area contributed by atoms with Crippen LogP contribution < -0.4 is 5.56 Å². The number of rotatable bonds is 4. The van der Waals surface area contributed by atoms with Crippen LogP contribution in [-0.4, -0.2) is 16.5 Å². The van der Waals surface area contributed by atoms with Crippen LogP contribution in [-0.2, 0) is 0 Å². The Morgan fingerprint density at radius 2 is 1.94 bits per heavy atom. The van der Waals surface area contributed by atoms with E-state index >= 15 is 0 Å². The summed E-state index contributed by atoms with van der Waals surface area (Å²) in [5, 5.41) is 5.03. The average molecular weight is 234 g/mol. The van der Waals surface area contributed by atoms with Crippen LogP contribution in [0, 0.1) is 0 Å². The molecule has 0 unspecified atom stereocenters. The number of hydrogen-bond donors (Lipinski definition) is 2. The predicted octanol–water partition coefficient (Wildman–Crippen LogP) is 2.69. The largest absolute Gasteiger partial charge is 0.298 e. The second-order valence-electron chi connectivity index (χ2n) is 2.82. The Morgan fingerprint density at radius 3 is 2.41 bits per heavy atom. The third-order valence-electron chi connectivity index (χ3n) is 1.94. The number of aldehydes is 1. The van der Waals surface area contributed by atoms with Gasteiger partial charge in [0.1, 0.15) is 5.56 Å². The molecule has 0 fully saturated rings. The molecule has 0 saturated heterocycles. The van der Waals surface area contributed by atoms with Crippen molar-refractivity contribution in [2.45, 2.75) is 20.8 Å². The molecule has 1 aromatic heterocycles. The van der Waals surface area contributed by atoms with E-state index < -0.39 is 5.56 Å². The normalized spacial score (nSPS) is 10.9. The first-order valence-electron chi connectivity index (χ1n) is 5.46. The molecule has 0 spiro atoms. The van der Waals surface area contributed by atoms with Crippen LogP contribution >= 0.6 is 0 Å². The lowest BCUT2D eigenvalue weighted by atomic mass is 10.1. The van der Waals surface area contributed by atoms with Crippen molar-refractivity contribution in [3.8, 4) is 0 Å². The van der Waals surface area contributed by atoms with Crippen molar-refractivity contribution in [2.24, 2.45) is 0 Å². The monoisotopic (exact) mass is 234 g/mol. The van der Waals surface area contributed by atoms with Crippen LogP contribution in [0.15, 0.2) is 35.7 Å². The highest BCUT2D eigenvalue weighted by Gasteiger charge is 2.10. The molecular formula is C13H18N2O2. The fourth-order valence-electron chi connectivity index (χ4n) is 1.20. The molecular weight excluding hydrogens is 216 g/mol. The summed E-state index contributed by atoms with van der Waals surface area (Å²) in [6, 6.07) is 0. The van der Waals surface area contributed by atoms with E-state index in [1.54, 1.807) is 24.3 Å². The van der Waals surface area contributed by atoms with Crippen molar-refractivity contribution in [1.29, 1.82) is 0 Å². The van der Waals surface area contributed by atoms with Crippen LogP contribution in [0.3, 0.4) is 0 Å². The Morgan fingerprint density at radius 1 is 1.29 bits per heavy atom. The molecule has 4 nitrogen and oxygen atoms in total. The molecule has 0 radical (unpaired) electrons. The minimum Gasteiger partial charge on any atom is -0.298 e. The zero-order valence-corrected chi connectivity index (χ0v) is 10.4. The van der Waals surface area contributed by atoms with Crippen LogP contribution in [0.2, 0.25) is 0 Å². The van der Waals surface area contributed by atoms with Gasteiger partial charge in [-0.2, -0.15) is 0 Å². The minimum atomic E-state index is -0.411. The van der Waals surface area contributed by atoms with Crippen molar-refractivity contribution in [2.75, 3.05) is 0 Å². The Hall–Kier alpha value is -2.10. The van der Waals surface area contributed by atoms with Gasteiger partial charge < -0.3 is 0 Å². The lowest BCUT2D eigenvalue weighted by molar-refractivity contribution is 0.112. The van der Waals surface area contributed by atoms with Gasteiger partial charge in [0.2, 0.25) is 0 Å². The smallest absolute Gasteiger partial charge is 0.275 e. The van der Waals surface area contributed by atoms with Gasteiger partial charge in [-0.3, -0.25) is 19.8 Å². The third-order valence-corrected chi connectivity index (χ3v) is 1.94. The van der Waals surface area contributed by atoms with E-state index in [-0.39, 0.29) is 5.56 Å². The van der Waals surface area contributed by atoms with E-state index in [4.69, 9.17) is 0 Å². The van der Waals surface area contributed by atoms with E-state index in [9.17, 15) is 9.59 Å². The van der Waals surface area contributed by atoms with Gasteiger partial charge in [0.15, 0.2) is 6.29 Å². The Balaban J connectivity index is 0.00000121. The maximum absolute atomic E-state index is 11.2. The highest BCUT2D eigenvalue weighted by molar-refractivity contribution is 5.86. The molecule has 0 aliphatic heterocycles. The van der Waals surface area contributed by atoms with E-state index in [0.29, 0.717) is 12.0 Å². The van der Waals surface area contributed by atoms with Crippen LogP contribution in [0.5, 0.6) is 0 Å². The van der Waals surface area contributed by atoms with Crippen molar-refractivity contribution in [1.82, 2.24) is 10.2 Å². The van der Waals surface area contributed by atoms with Gasteiger partial charge in [-0.15, -0.1) is 0 Å². The van der Waals surface area contributed by atoms with Crippen molar-refractivity contribution in [3.63, 3.8) is 0 Å². The molecule has 0 aliphatic rings. The standard InChI is InChI=1S/C11H12N2O2.C2H6/c1-3-5-6-8(4-2)10-9(7-14)11(15)13-12-10;1-2/h3-7H,1H2,2H3,(H2,12,13,15);1-2H3/b6-5-,8-4+;. The van der Waals surface area contributed by atoms with E-state index in [1.165, 1.54) is 0 Å². The molecule has 17 heavy (non-hydrogen) atoms. The number of nitrogens with one attached hydrogen (secondary N) is 2. The SMILES string of the molecule is C=C/C=C\C(=C/C)c1[nH][nH]c(=O)c1C=O.CC. The van der Waals surface area contributed by atoms with Crippen molar-refractivity contribution in [3.05, 3.63) is 52.5 Å². The van der Waals surface area contributed by atoms with Gasteiger partial charge in [-0.1, -0.05) is 44.7 Å². The second kappa shape index (κ2) is 8.10. The van der Waals surface area contributed by atoms with Crippen LogP contribution in [0.25, 0.3) is 5.57 Å². The third kappa shape index (κ3) is 3.75. The quantitative estimate of drug-likeness (QED) is 0.621. The fraction of sp³-hybridized carbons (Fsp3) is 0.231. The molecule has 4 heteroatoms. The summed E-state index contributed by atoms with van der Waals surface area (Å²) in [6.07, 6.45) is 7.45. The Labute approximate surface area is 101 Å². The minimum absolute atomic E-state index is 0.108. The van der Waals surface area contributed by atoms with E-state index in [2.05, 4.69) is 16.8 Å². The molecule has 92 valence electrons. The number of hydrogen-bond acceptors (Lipinski definition) is 2. The number of H-pyrrole nitrogens is 2. The molecule has 1 aromatic rings. The Kier molecular flexibility index (Phi) is 7.10. The average Bonchev–Trinajstić information content (AvgIpc) is 2.74. The first kappa shape index (κ1) is 14.9. The highest BCUT2D eigenvalue weighted by atomic mass is 16.1. The lowest BCUT2D eigenvalue weighted by Gasteiger charge is -1.97. The highest BCUT2D eigenvalue weighted by Crippen LogP contribution is 2.14. The molecule has 2 N–H and O–H groups in total. The van der Waals surface area contributed by atoms with Gasteiger partial charge >= 0.3 is 0 Å². The number of aromatic nitrogens is 2. The molecule has 0 aromatic carbocycles. The molecule has 1 heterocycles. The Bertz CT molecular complexity index is 476. The maximum atomic E-state index is 11.2. The molecule has 0 aliphatic carbocycles. The van der Waals surface area contributed by atoms with Gasteiger partial charge in [-0.25, -0.2) is 0 Å². The lowest BCUT2D eigenvalue weighted by Crippen LogP contribution is -2.05. The summed E-state index contributed by atoms with van der Waals surface area (Å²) in [4.78, 5) is 21.9.